The van der Waals surface area contributed by atoms with Crippen LogP contribution in [0.15, 0.2) is 17.1 Å². The molecule has 0 aliphatic rings. The van der Waals surface area contributed by atoms with Gasteiger partial charge in [0.2, 0.25) is 0 Å². The molecule has 0 amide bonds. The average Bonchev–Trinajstić information content (AvgIpc) is 2.01. The first kappa shape index (κ1) is 10.4. The van der Waals surface area contributed by atoms with Gasteiger partial charge in [-0.3, -0.25) is 4.79 Å². The summed E-state index contributed by atoms with van der Waals surface area (Å²) in [5.74, 6) is -1.23. The molecular formula is C9H12N2O3. The molecule has 1 rings (SSSR count). The lowest BCUT2D eigenvalue weighted by atomic mass is 10.1. The Morgan fingerprint density at radius 2 is 2.07 bits per heavy atom. The molecule has 0 atom stereocenters. The van der Waals surface area contributed by atoms with Crippen LogP contribution < -0.4 is 5.56 Å². The summed E-state index contributed by atoms with van der Waals surface area (Å²) in [6.45, 7) is 5.35. The third-order valence-electron chi connectivity index (χ3n) is 1.71. The summed E-state index contributed by atoms with van der Waals surface area (Å²) in [5, 5.41) is 12.5. The van der Waals surface area contributed by atoms with Gasteiger partial charge < -0.3 is 5.11 Å². The SMILES string of the molecule is CC(C)(C)n1nccc(C(=O)O)c1=O. The van der Waals surface area contributed by atoms with E-state index in [1.54, 1.807) is 20.8 Å². The van der Waals surface area contributed by atoms with Gasteiger partial charge in [-0.15, -0.1) is 0 Å². The van der Waals surface area contributed by atoms with Crippen molar-refractivity contribution in [1.82, 2.24) is 9.78 Å². The normalized spacial score (nSPS) is 11.4. The highest BCUT2D eigenvalue weighted by Crippen LogP contribution is 2.08. The number of carboxylic acid groups (broad SMARTS) is 1. The van der Waals surface area contributed by atoms with Gasteiger partial charge in [-0.25, -0.2) is 9.48 Å². The van der Waals surface area contributed by atoms with Gasteiger partial charge in [0.25, 0.3) is 5.56 Å². The lowest BCUT2D eigenvalue weighted by Crippen LogP contribution is -2.38. The first-order chi connectivity index (χ1) is 6.34. The van der Waals surface area contributed by atoms with Crippen molar-refractivity contribution in [2.75, 3.05) is 0 Å². The Morgan fingerprint density at radius 1 is 1.50 bits per heavy atom. The summed E-state index contributed by atoms with van der Waals surface area (Å²) in [4.78, 5) is 22.2. The first-order valence-corrected chi connectivity index (χ1v) is 4.16. The summed E-state index contributed by atoms with van der Waals surface area (Å²) < 4.78 is 1.16. The van der Waals surface area contributed by atoms with E-state index >= 15 is 0 Å². The highest BCUT2D eigenvalue weighted by atomic mass is 16.4. The largest absolute Gasteiger partial charge is 0.477 e. The van der Waals surface area contributed by atoms with Crippen molar-refractivity contribution in [2.45, 2.75) is 26.3 Å². The number of rotatable bonds is 1. The standard InChI is InChI=1S/C9H12N2O3/c1-9(2,3)11-7(12)6(8(13)14)4-5-10-11/h4-5H,1-3H3,(H,13,14). The van der Waals surface area contributed by atoms with Crippen LogP contribution in [0.4, 0.5) is 0 Å². The van der Waals surface area contributed by atoms with Crippen LogP contribution in [0.25, 0.3) is 0 Å². The zero-order valence-electron chi connectivity index (χ0n) is 8.31. The minimum Gasteiger partial charge on any atom is -0.477 e. The second-order valence-corrected chi connectivity index (χ2v) is 3.94. The predicted molar refractivity (Wildman–Crippen MR) is 50.5 cm³/mol. The van der Waals surface area contributed by atoms with Crippen molar-refractivity contribution < 1.29 is 9.90 Å². The van der Waals surface area contributed by atoms with Crippen molar-refractivity contribution in [1.29, 1.82) is 0 Å². The second-order valence-electron chi connectivity index (χ2n) is 3.94. The Labute approximate surface area is 81.0 Å². The number of carbonyl (C=O) groups is 1. The van der Waals surface area contributed by atoms with E-state index in [1.807, 2.05) is 0 Å². The first-order valence-electron chi connectivity index (χ1n) is 4.16. The van der Waals surface area contributed by atoms with Gasteiger partial charge in [0.15, 0.2) is 0 Å². The van der Waals surface area contributed by atoms with Crippen LogP contribution in [-0.2, 0) is 5.54 Å². The van der Waals surface area contributed by atoms with Crippen LogP contribution in [-0.4, -0.2) is 20.9 Å². The van der Waals surface area contributed by atoms with Gasteiger partial charge in [0.1, 0.15) is 5.56 Å². The van der Waals surface area contributed by atoms with Crippen molar-refractivity contribution in [3.05, 3.63) is 28.2 Å². The number of aromatic carboxylic acids is 1. The van der Waals surface area contributed by atoms with Crippen LogP contribution in [0.2, 0.25) is 0 Å². The monoisotopic (exact) mass is 196 g/mol. The molecule has 76 valence electrons. The molecule has 0 aliphatic heterocycles. The Morgan fingerprint density at radius 3 is 2.50 bits per heavy atom. The quantitative estimate of drug-likeness (QED) is 0.717. The lowest BCUT2D eigenvalue weighted by molar-refractivity contribution is 0.0693. The third-order valence-corrected chi connectivity index (χ3v) is 1.71. The molecule has 5 heteroatoms. The maximum absolute atomic E-state index is 11.6. The van der Waals surface area contributed by atoms with Gasteiger partial charge in [0, 0.05) is 6.20 Å². The van der Waals surface area contributed by atoms with E-state index in [4.69, 9.17) is 5.11 Å². The Balaban J connectivity index is 3.44. The number of hydrogen-bond acceptors (Lipinski definition) is 3. The number of carboxylic acids is 1. The molecule has 1 heterocycles. The van der Waals surface area contributed by atoms with E-state index < -0.39 is 17.1 Å². The van der Waals surface area contributed by atoms with E-state index in [-0.39, 0.29) is 5.56 Å². The number of nitrogens with zero attached hydrogens (tertiary/aromatic N) is 2. The lowest BCUT2D eigenvalue weighted by Gasteiger charge is -2.20. The molecule has 5 nitrogen and oxygen atoms in total. The van der Waals surface area contributed by atoms with E-state index in [0.717, 1.165) is 4.68 Å². The van der Waals surface area contributed by atoms with Crippen LogP contribution in [0.1, 0.15) is 31.1 Å². The molecule has 0 saturated carbocycles. The fraction of sp³-hybridized carbons (Fsp3) is 0.444. The van der Waals surface area contributed by atoms with Crippen molar-refractivity contribution in [3.63, 3.8) is 0 Å². The summed E-state index contributed by atoms with van der Waals surface area (Å²) in [7, 11) is 0. The molecular weight excluding hydrogens is 184 g/mol. The minimum atomic E-state index is -1.23. The van der Waals surface area contributed by atoms with Gasteiger partial charge in [-0.05, 0) is 26.8 Å². The van der Waals surface area contributed by atoms with Crippen molar-refractivity contribution >= 4 is 5.97 Å². The second kappa shape index (κ2) is 3.25. The van der Waals surface area contributed by atoms with Crippen LogP contribution >= 0.6 is 0 Å². The van der Waals surface area contributed by atoms with Crippen molar-refractivity contribution in [3.8, 4) is 0 Å². The Kier molecular flexibility index (Phi) is 2.42. The molecule has 0 aromatic carbocycles. The van der Waals surface area contributed by atoms with E-state index in [0.29, 0.717) is 0 Å². The molecule has 0 fully saturated rings. The molecule has 0 unspecified atom stereocenters. The Hall–Kier alpha value is -1.65. The molecule has 0 spiro atoms. The molecule has 0 aliphatic carbocycles. The van der Waals surface area contributed by atoms with Gasteiger partial charge in [-0.1, -0.05) is 0 Å². The maximum Gasteiger partial charge on any atom is 0.341 e. The van der Waals surface area contributed by atoms with E-state index in [2.05, 4.69) is 5.10 Å². The van der Waals surface area contributed by atoms with Gasteiger partial charge in [-0.2, -0.15) is 5.10 Å². The third kappa shape index (κ3) is 1.81. The number of hydrogen-bond donors (Lipinski definition) is 1. The smallest absolute Gasteiger partial charge is 0.341 e. The molecule has 14 heavy (non-hydrogen) atoms. The molecule has 0 bridgehead atoms. The fourth-order valence-corrected chi connectivity index (χ4v) is 1.05. The molecule has 0 radical (unpaired) electrons. The maximum atomic E-state index is 11.6. The topological polar surface area (TPSA) is 72.2 Å². The van der Waals surface area contributed by atoms with Crippen LogP contribution in [0, 0.1) is 0 Å². The van der Waals surface area contributed by atoms with E-state index in [9.17, 15) is 9.59 Å². The Bertz CT molecular complexity index is 415. The summed E-state index contributed by atoms with van der Waals surface area (Å²) in [6.07, 6.45) is 1.32. The number of aromatic nitrogens is 2. The average molecular weight is 196 g/mol. The zero-order chi connectivity index (χ0) is 10.9. The molecule has 1 aromatic rings. The summed E-state index contributed by atoms with van der Waals surface area (Å²) >= 11 is 0. The molecule has 1 N–H and O–H groups in total. The van der Waals surface area contributed by atoms with Crippen LogP contribution in [0.5, 0.6) is 0 Å². The van der Waals surface area contributed by atoms with E-state index in [1.165, 1.54) is 12.3 Å². The molecule has 1 aromatic heterocycles. The van der Waals surface area contributed by atoms with Crippen LogP contribution in [0.3, 0.4) is 0 Å². The molecule has 0 saturated heterocycles. The van der Waals surface area contributed by atoms with Crippen molar-refractivity contribution in [2.24, 2.45) is 0 Å². The summed E-state index contributed by atoms with van der Waals surface area (Å²) in [5.41, 5.74) is -1.34. The van der Waals surface area contributed by atoms with Gasteiger partial charge in [0.05, 0.1) is 5.54 Å². The minimum absolute atomic E-state index is 0.255. The fourth-order valence-electron chi connectivity index (χ4n) is 1.05. The highest BCUT2D eigenvalue weighted by Gasteiger charge is 2.19. The van der Waals surface area contributed by atoms with Gasteiger partial charge >= 0.3 is 5.97 Å². The highest BCUT2D eigenvalue weighted by molar-refractivity contribution is 5.86. The zero-order valence-corrected chi connectivity index (χ0v) is 8.31. The summed E-state index contributed by atoms with van der Waals surface area (Å²) in [6, 6.07) is 1.20. The predicted octanol–water partition coefficient (Wildman–Crippen LogP) is 0.696.